The Balaban J connectivity index is 1.95. The van der Waals surface area contributed by atoms with Crippen LogP contribution in [0.4, 0.5) is 5.82 Å². The van der Waals surface area contributed by atoms with E-state index in [1.165, 1.54) is 26.4 Å². The molecule has 8 heteroatoms. The molecule has 2 aromatic heterocycles. The number of hydrogen-bond acceptors (Lipinski definition) is 7. The summed E-state index contributed by atoms with van der Waals surface area (Å²) in [5.41, 5.74) is 1.48. The smallest absolute Gasteiger partial charge is 0.245 e. The molecule has 0 saturated carbocycles. The first-order valence-corrected chi connectivity index (χ1v) is 6.99. The standard InChI is InChI=1S/C13H18N6O2/c1-21-10(17-20)7-19-9-16-11-12(14-8-15-13(11)19)18-5-3-2-4-6-18/h8-9,20H,2-7H2,1H3/b17-10+. The van der Waals surface area contributed by atoms with Crippen LogP contribution >= 0.6 is 0 Å². The van der Waals surface area contributed by atoms with Gasteiger partial charge in [0.05, 0.1) is 13.4 Å². The summed E-state index contributed by atoms with van der Waals surface area (Å²) in [6, 6.07) is 0. The fourth-order valence-electron chi connectivity index (χ4n) is 2.60. The van der Waals surface area contributed by atoms with Gasteiger partial charge in [0, 0.05) is 13.1 Å². The minimum atomic E-state index is 0.201. The van der Waals surface area contributed by atoms with Crippen molar-refractivity contribution in [2.75, 3.05) is 25.1 Å². The molecule has 0 aromatic carbocycles. The van der Waals surface area contributed by atoms with E-state index in [1.54, 1.807) is 17.2 Å². The van der Waals surface area contributed by atoms with E-state index >= 15 is 0 Å². The molecule has 0 aliphatic carbocycles. The normalized spacial score (nSPS) is 16.4. The van der Waals surface area contributed by atoms with Gasteiger partial charge in [0.15, 0.2) is 17.0 Å². The number of aromatic nitrogens is 4. The molecule has 0 atom stereocenters. The fourth-order valence-corrected chi connectivity index (χ4v) is 2.60. The summed E-state index contributed by atoms with van der Waals surface area (Å²) >= 11 is 0. The number of fused-ring (bicyclic) bond motifs is 1. The van der Waals surface area contributed by atoms with Crippen molar-refractivity contribution in [3.63, 3.8) is 0 Å². The van der Waals surface area contributed by atoms with E-state index in [9.17, 15) is 0 Å². The lowest BCUT2D eigenvalue weighted by Gasteiger charge is -2.27. The molecule has 1 aliphatic rings. The van der Waals surface area contributed by atoms with Crippen molar-refractivity contribution in [3.05, 3.63) is 12.7 Å². The van der Waals surface area contributed by atoms with Crippen molar-refractivity contribution < 1.29 is 9.94 Å². The van der Waals surface area contributed by atoms with Crippen LogP contribution < -0.4 is 4.90 Å². The van der Waals surface area contributed by atoms with Gasteiger partial charge in [-0.3, -0.25) is 0 Å². The van der Waals surface area contributed by atoms with E-state index in [0.717, 1.165) is 24.4 Å². The number of ether oxygens (including phenoxy) is 1. The molecule has 21 heavy (non-hydrogen) atoms. The Morgan fingerprint density at radius 3 is 2.81 bits per heavy atom. The lowest BCUT2D eigenvalue weighted by molar-refractivity contribution is 0.279. The first-order valence-electron chi connectivity index (χ1n) is 6.99. The second-order valence-electron chi connectivity index (χ2n) is 4.99. The SMILES string of the molecule is CO/C(Cn1cnc2c(N3CCCCC3)ncnc21)=N/O. The second-order valence-corrected chi connectivity index (χ2v) is 4.99. The molecule has 0 radical (unpaired) electrons. The first-order chi connectivity index (χ1) is 10.3. The van der Waals surface area contributed by atoms with Crippen LogP contribution in [-0.4, -0.2) is 50.8 Å². The Hall–Kier alpha value is -2.38. The van der Waals surface area contributed by atoms with E-state index in [0.29, 0.717) is 5.65 Å². The van der Waals surface area contributed by atoms with Gasteiger partial charge in [-0.15, -0.1) is 0 Å². The minimum absolute atomic E-state index is 0.201. The Morgan fingerprint density at radius 1 is 1.29 bits per heavy atom. The number of oxime groups is 1. The topological polar surface area (TPSA) is 88.7 Å². The van der Waals surface area contributed by atoms with Gasteiger partial charge in [-0.1, -0.05) is 5.16 Å². The molecule has 0 unspecified atom stereocenters. The molecule has 1 aliphatic heterocycles. The molecule has 2 aromatic rings. The molecule has 8 nitrogen and oxygen atoms in total. The second kappa shape index (κ2) is 5.94. The van der Waals surface area contributed by atoms with E-state index in [2.05, 4.69) is 25.0 Å². The maximum absolute atomic E-state index is 8.84. The quantitative estimate of drug-likeness (QED) is 0.396. The highest BCUT2D eigenvalue weighted by atomic mass is 16.5. The van der Waals surface area contributed by atoms with Gasteiger partial charge in [-0.2, -0.15) is 0 Å². The van der Waals surface area contributed by atoms with Crippen molar-refractivity contribution in [1.82, 2.24) is 19.5 Å². The van der Waals surface area contributed by atoms with Crippen molar-refractivity contribution in [1.29, 1.82) is 0 Å². The van der Waals surface area contributed by atoms with Crippen LogP contribution in [0, 0.1) is 0 Å². The zero-order valence-corrected chi connectivity index (χ0v) is 11.9. The van der Waals surface area contributed by atoms with Gasteiger partial charge in [0.25, 0.3) is 0 Å². The number of methoxy groups -OCH3 is 1. The molecule has 0 spiro atoms. The summed E-state index contributed by atoms with van der Waals surface area (Å²) in [6.07, 6.45) is 6.84. The first kappa shape index (κ1) is 13.6. The van der Waals surface area contributed by atoms with E-state index < -0.39 is 0 Å². The Bertz CT molecular complexity index is 647. The third kappa shape index (κ3) is 2.61. The molecular formula is C13H18N6O2. The monoisotopic (exact) mass is 290 g/mol. The van der Waals surface area contributed by atoms with Gasteiger partial charge in [0.2, 0.25) is 5.90 Å². The Kier molecular flexibility index (Phi) is 3.85. The number of hydrogen-bond donors (Lipinski definition) is 1. The highest BCUT2D eigenvalue weighted by Crippen LogP contribution is 2.24. The lowest BCUT2D eigenvalue weighted by atomic mass is 10.1. The van der Waals surface area contributed by atoms with Crippen LogP contribution in [0.15, 0.2) is 17.8 Å². The zero-order valence-electron chi connectivity index (χ0n) is 11.9. The molecule has 3 rings (SSSR count). The van der Waals surface area contributed by atoms with Gasteiger partial charge < -0.3 is 19.4 Å². The van der Waals surface area contributed by atoms with E-state index in [4.69, 9.17) is 9.94 Å². The van der Waals surface area contributed by atoms with E-state index in [1.807, 2.05) is 0 Å². The van der Waals surface area contributed by atoms with E-state index in [-0.39, 0.29) is 12.4 Å². The minimum Gasteiger partial charge on any atom is -0.481 e. The van der Waals surface area contributed by atoms with Gasteiger partial charge >= 0.3 is 0 Å². The highest BCUT2D eigenvalue weighted by Gasteiger charge is 2.18. The van der Waals surface area contributed by atoms with Crippen LogP contribution in [0.3, 0.4) is 0 Å². The summed E-state index contributed by atoms with van der Waals surface area (Å²) in [5, 5.41) is 11.9. The maximum atomic E-state index is 8.84. The average molecular weight is 290 g/mol. The molecule has 1 N–H and O–H groups in total. The molecular weight excluding hydrogens is 272 g/mol. The summed E-state index contributed by atoms with van der Waals surface area (Å²) in [7, 11) is 1.46. The zero-order chi connectivity index (χ0) is 14.7. The summed E-state index contributed by atoms with van der Waals surface area (Å²) in [5.74, 6) is 1.07. The van der Waals surface area contributed by atoms with Crippen molar-refractivity contribution in [2.24, 2.45) is 5.16 Å². The summed E-state index contributed by atoms with van der Waals surface area (Å²) in [6.45, 7) is 2.28. The van der Waals surface area contributed by atoms with Crippen molar-refractivity contribution >= 4 is 22.9 Å². The summed E-state index contributed by atoms with van der Waals surface area (Å²) in [4.78, 5) is 15.4. The van der Waals surface area contributed by atoms with Crippen LogP contribution in [-0.2, 0) is 11.3 Å². The van der Waals surface area contributed by atoms with Crippen LogP contribution in [0.25, 0.3) is 11.2 Å². The predicted octanol–water partition coefficient (Wildman–Crippen LogP) is 1.25. The van der Waals surface area contributed by atoms with Gasteiger partial charge in [-0.25, -0.2) is 15.0 Å². The fraction of sp³-hybridized carbons (Fsp3) is 0.538. The number of imidazole rings is 1. The molecule has 3 heterocycles. The van der Waals surface area contributed by atoms with Gasteiger partial charge in [0.1, 0.15) is 12.9 Å². The Labute approximate surface area is 122 Å². The van der Waals surface area contributed by atoms with Crippen molar-refractivity contribution in [3.8, 4) is 0 Å². The highest BCUT2D eigenvalue weighted by molar-refractivity contribution is 5.85. The molecule has 1 saturated heterocycles. The van der Waals surface area contributed by atoms with Crippen LogP contribution in [0.5, 0.6) is 0 Å². The average Bonchev–Trinajstić information content (AvgIpc) is 2.96. The summed E-state index contributed by atoms with van der Waals surface area (Å²) < 4.78 is 6.75. The Morgan fingerprint density at radius 2 is 2.10 bits per heavy atom. The maximum Gasteiger partial charge on any atom is 0.245 e. The number of rotatable bonds is 3. The van der Waals surface area contributed by atoms with Crippen molar-refractivity contribution in [2.45, 2.75) is 25.8 Å². The lowest BCUT2D eigenvalue weighted by Crippen LogP contribution is -2.30. The molecule has 0 bridgehead atoms. The number of anilines is 1. The third-order valence-electron chi connectivity index (χ3n) is 3.69. The molecule has 0 amide bonds. The van der Waals surface area contributed by atoms with Crippen LogP contribution in [0.2, 0.25) is 0 Å². The number of nitrogens with zero attached hydrogens (tertiary/aromatic N) is 6. The predicted molar refractivity (Wildman–Crippen MR) is 77.6 cm³/mol. The van der Waals surface area contributed by atoms with Gasteiger partial charge in [-0.05, 0) is 19.3 Å². The number of piperidine rings is 1. The van der Waals surface area contributed by atoms with Crippen LogP contribution in [0.1, 0.15) is 19.3 Å². The molecule has 1 fully saturated rings. The third-order valence-corrected chi connectivity index (χ3v) is 3.69. The molecule has 112 valence electrons. The largest absolute Gasteiger partial charge is 0.481 e.